The first-order chi connectivity index (χ1) is 18.8. The van der Waals surface area contributed by atoms with Gasteiger partial charge in [0.05, 0.1) is 0 Å². The molecule has 0 saturated carbocycles. The Morgan fingerprint density at radius 1 is 0.610 bits per heavy atom. The van der Waals surface area contributed by atoms with Gasteiger partial charge in [0.2, 0.25) is 0 Å². The molecule has 0 radical (unpaired) electrons. The Bertz CT molecular complexity index is 1540. The van der Waals surface area contributed by atoms with Crippen LogP contribution >= 0.6 is 0 Å². The summed E-state index contributed by atoms with van der Waals surface area (Å²) in [4.78, 5) is 0. The second kappa shape index (κ2) is 10.8. The second-order valence-corrected chi connectivity index (χ2v) is 32.2. The third kappa shape index (κ3) is 4.91. The van der Waals surface area contributed by atoms with Crippen LogP contribution in [0.3, 0.4) is 0 Å². The van der Waals surface area contributed by atoms with Crippen molar-refractivity contribution in [2.45, 2.75) is 103 Å². The zero-order valence-corrected chi connectivity index (χ0v) is 32.3. The van der Waals surface area contributed by atoms with Gasteiger partial charge in [0.25, 0.3) is 0 Å². The number of hydrogen-bond donors (Lipinski definition) is 0. The molecule has 0 fully saturated rings. The fourth-order valence-corrected chi connectivity index (χ4v) is 23.6. The molecule has 1 atom stereocenters. The third-order valence-corrected chi connectivity index (χ3v) is 22.7. The molecule has 0 bridgehead atoms. The van der Waals surface area contributed by atoms with Gasteiger partial charge in [0.15, 0.2) is 0 Å². The predicted molar refractivity (Wildman–Crippen MR) is 188 cm³/mol. The molecule has 0 amide bonds. The summed E-state index contributed by atoms with van der Waals surface area (Å²) in [5.74, 6) is 0. The summed E-state index contributed by atoms with van der Waals surface area (Å²) < 4.78 is 1.82. The van der Waals surface area contributed by atoms with Crippen LogP contribution in [0.4, 0.5) is 0 Å². The van der Waals surface area contributed by atoms with Crippen LogP contribution < -0.4 is 20.7 Å². The van der Waals surface area contributed by atoms with Crippen molar-refractivity contribution in [2.24, 2.45) is 0 Å². The van der Waals surface area contributed by atoms with Gasteiger partial charge < -0.3 is 0 Å². The van der Waals surface area contributed by atoms with E-state index in [1.54, 1.807) is 31.9 Å². The van der Waals surface area contributed by atoms with Gasteiger partial charge >= 0.3 is 259 Å². The Morgan fingerprint density at radius 2 is 1.07 bits per heavy atom. The maximum absolute atomic E-state index is 2.77. The van der Waals surface area contributed by atoms with E-state index in [0.29, 0.717) is 0 Å². The van der Waals surface area contributed by atoms with Gasteiger partial charge in [-0.1, -0.05) is 0 Å². The van der Waals surface area contributed by atoms with Gasteiger partial charge in [-0.2, -0.15) is 0 Å². The van der Waals surface area contributed by atoms with E-state index in [4.69, 9.17) is 0 Å². The Morgan fingerprint density at radius 3 is 1.51 bits per heavy atom. The van der Waals surface area contributed by atoms with Crippen LogP contribution in [0, 0.1) is 34.6 Å². The average Bonchev–Trinajstić information content (AvgIpc) is 3.04. The number of aryl methyl sites for hydroxylation is 3. The molecular weight excluding hydrogens is 560 g/mol. The Balaban J connectivity index is 2.44. The molecule has 1 aliphatic carbocycles. The standard InChI is InChI=1S/C35H45Si2.3CH3.Ti/c1-23-19-31(36(10,11)12)21-32(20-23)37(33-17-13-15-24(2)28(33)6,34-18-14-16-25(3)29(34)7)35(9)22-26(4)27(5)30(35)8;;;;/h13-21H,1-12H3;3*1H3;. The van der Waals surface area contributed by atoms with Gasteiger partial charge in [-0.25, -0.2) is 0 Å². The fraction of sp³-hybridized carbons (Fsp3) is 0.421. The zero-order chi connectivity index (χ0) is 30.9. The normalized spacial score (nSPS) is 18.5. The first-order valence-corrected chi connectivity index (χ1v) is 26.4. The Kier molecular flexibility index (Phi) is 8.46. The van der Waals surface area contributed by atoms with E-state index < -0.39 is 32.7 Å². The molecule has 1 aliphatic rings. The fourth-order valence-electron chi connectivity index (χ4n) is 8.22. The van der Waals surface area contributed by atoms with Crippen molar-refractivity contribution in [3.63, 3.8) is 0 Å². The minimum absolute atomic E-state index is 0.0545. The van der Waals surface area contributed by atoms with Crippen LogP contribution in [0.25, 0.3) is 0 Å². The molecule has 0 nitrogen and oxygen atoms in total. The van der Waals surface area contributed by atoms with E-state index in [9.17, 15) is 0 Å². The van der Waals surface area contributed by atoms with Crippen molar-refractivity contribution in [1.29, 1.82) is 0 Å². The van der Waals surface area contributed by atoms with Crippen LogP contribution in [0.2, 0.25) is 40.4 Å². The molecule has 0 spiro atoms. The van der Waals surface area contributed by atoms with E-state index in [1.165, 1.54) is 33.4 Å². The summed E-state index contributed by atoms with van der Waals surface area (Å²) in [5, 5.41) is 14.2. The van der Waals surface area contributed by atoms with Crippen molar-refractivity contribution in [2.75, 3.05) is 0 Å². The van der Waals surface area contributed by atoms with Crippen molar-refractivity contribution in [1.82, 2.24) is 0 Å². The zero-order valence-electron chi connectivity index (χ0n) is 28.7. The average molecular weight is 615 g/mol. The maximum atomic E-state index is 2.70. The Labute approximate surface area is 257 Å². The van der Waals surface area contributed by atoms with E-state index in [2.05, 4.69) is 152 Å². The third-order valence-electron chi connectivity index (χ3n) is 10.6. The molecule has 3 aromatic rings. The van der Waals surface area contributed by atoms with Crippen LogP contribution in [-0.2, 0) is 16.6 Å². The van der Waals surface area contributed by atoms with E-state index in [-0.39, 0.29) is 5.04 Å². The molecule has 0 heterocycles. The molecule has 1 unspecified atom stereocenters. The van der Waals surface area contributed by atoms with Crippen LogP contribution in [0.1, 0.15) is 55.5 Å². The molecule has 4 rings (SSSR count). The topological polar surface area (TPSA) is 0 Å². The van der Waals surface area contributed by atoms with Crippen molar-refractivity contribution < 1.29 is 16.6 Å². The van der Waals surface area contributed by atoms with Crippen LogP contribution in [-0.4, -0.2) is 16.1 Å². The van der Waals surface area contributed by atoms with Crippen LogP contribution in [0.15, 0.2) is 75.2 Å². The first-order valence-electron chi connectivity index (χ1n) is 15.5. The molecule has 3 aromatic carbocycles. The number of benzene rings is 3. The van der Waals surface area contributed by atoms with Gasteiger partial charge in [0.1, 0.15) is 0 Å². The van der Waals surface area contributed by atoms with E-state index >= 15 is 0 Å². The van der Waals surface area contributed by atoms with Gasteiger partial charge in [0, 0.05) is 0 Å². The van der Waals surface area contributed by atoms with Gasteiger partial charge in [-0.3, -0.25) is 0 Å². The summed E-state index contributed by atoms with van der Waals surface area (Å²) in [6.07, 6.45) is 0. The van der Waals surface area contributed by atoms with Crippen molar-refractivity contribution in [3.8, 4) is 0 Å². The van der Waals surface area contributed by atoms with E-state index in [0.717, 1.165) is 0 Å². The SMILES string of the molecule is CC1=C(C)C(C)([Si](c2cc(C)cc([Si](C)(C)C)c2)(c2cccc(C)c2C)c2cccc(C)c2C)[C]([Ti]([CH3])([CH3])[CH3])=C1C. The first kappa shape index (κ1) is 32.2. The molecule has 0 aliphatic heterocycles. The van der Waals surface area contributed by atoms with Crippen LogP contribution in [0.5, 0.6) is 0 Å². The minimum atomic E-state index is -2.77. The predicted octanol–water partition coefficient (Wildman–Crippen LogP) is 8.93. The molecule has 41 heavy (non-hydrogen) atoms. The van der Waals surface area contributed by atoms with Gasteiger partial charge in [-0.05, 0) is 0 Å². The number of allylic oxidation sites excluding steroid dienone is 4. The summed E-state index contributed by atoms with van der Waals surface area (Å²) >= 11 is -2.38. The molecule has 218 valence electrons. The summed E-state index contributed by atoms with van der Waals surface area (Å²) in [5.41, 5.74) is 11.9. The molecule has 0 aromatic heterocycles. The molecule has 0 saturated heterocycles. The Hall–Kier alpha value is -1.71. The number of rotatable bonds is 6. The summed E-state index contributed by atoms with van der Waals surface area (Å²) in [6, 6.07) is 22.2. The monoisotopic (exact) mass is 614 g/mol. The van der Waals surface area contributed by atoms with E-state index in [1.807, 2.05) is 3.88 Å². The summed E-state index contributed by atoms with van der Waals surface area (Å²) in [7, 11) is -4.35. The molecule has 3 heteroatoms. The molecule has 0 N–H and O–H groups in total. The molecular formula is C38H54Si2Ti. The number of hydrogen-bond acceptors (Lipinski definition) is 0. The summed E-state index contributed by atoms with van der Waals surface area (Å²) in [6.45, 7) is 29.4. The van der Waals surface area contributed by atoms with Crippen molar-refractivity contribution >= 4 is 36.9 Å². The van der Waals surface area contributed by atoms with Crippen molar-refractivity contribution in [3.05, 3.63) is 103 Å². The quantitative estimate of drug-likeness (QED) is 0.192. The van der Waals surface area contributed by atoms with Gasteiger partial charge in [-0.15, -0.1) is 0 Å². The second-order valence-electron chi connectivity index (χ2n) is 15.2.